The van der Waals surface area contributed by atoms with Crippen LogP contribution in [-0.2, 0) is 4.79 Å². The number of allylic oxidation sites excluding steroid dienone is 1. The fourth-order valence-corrected chi connectivity index (χ4v) is 4.89. The molecule has 0 aliphatic carbocycles. The third-order valence-electron chi connectivity index (χ3n) is 5.79. The highest BCUT2D eigenvalue weighted by atomic mass is 32.1. The van der Waals surface area contributed by atoms with Crippen molar-refractivity contribution < 1.29 is 14.3 Å². The van der Waals surface area contributed by atoms with E-state index in [1.54, 1.807) is 26.4 Å². The van der Waals surface area contributed by atoms with Crippen LogP contribution >= 0.6 is 11.3 Å². The van der Waals surface area contributed by atoms with Crippen LogP contribution in [0.25, 0.3) is 10.2 Å². The summed E-state index contributed by atoms with van der Waals surface area (Å²) in [6.07, 6.45) is 0. The third-order valence-corrected chi connectivity index (χ3v) is 6.74. The molecule has 0 spiro atoms. The lowest BCUT2D eigenvalue weighted by Gasteiger charge is -2.27. The van der Waals surface area contributed by atoms with Crippen LogP contribution in [0.15, 0.2) is 89.1 Å². The van der Waals surface area contributed by atoms with Gasteiger partial charge in [0, 0.05) is 5.70 Å². The zero-order valence-electron chi connectivity index (χ0n) is 20.0. The van der Waals surface area contributed by atoms with Crippen molar-refractivity contribution in [3.8, 4) is 11.5 Å². The summed E-state index contributed by atoms with van der Waals surface area (Å²) in [4.78, 5) is 23.1. The Morgan fingerprint density at radius 3 is 2.47 bits per heavy atom. The van der Waals surface area contributed by atoms with Gasteiger partial charge in [0.1, 0.15) is 17.5 Å². The van der Waals surface area contributed by atoms with Gasteiger partial charge in [-0.25, -0.2) is 9.98 Å². The summed E-state index contributed by atoms with van der Waals surface area (Å²) >= 11 is 1.54. The first-order valence-corrected chi connectivity index (χ1v) is 12.1. The average molecular weight is 500 g/mol. The number of guanidine groups is 1. The Morgan fingerprint density at radius 2 is 1.72 bits per heavy atom. The van der Waals surface area contributed by atoms with Gasteiger partial charge in [0.15, 0.2) is 5.13 Å². The van der Waals surface area contributed by atoms with Crippen molar-refractivity contribution in [2.45, 2.75) is 13.0 Å². The number of nitrogens with zero attached hydrogens (tertiary/aromatic N) is 2. The quantitative estimate of drug-likeness (QED) is 0.331. The lowest BCUT2D eigenvalue weighted by molar-refractivity contribution is -0.113. The maximum absolute atomic E-state index is 13.5. The Labute approximate surface area is 212 Å². The highest BCUT2D eigenvalue weighted by Gasteiger charge is 2.30. The molecule has 8 nitrogen and oxygen atoms in total. The van der Waals surface area contributed by atoms with Gasteiger partial charge in [0.2, 0.25) is 5.96 Å². The van der Waals surface area contributed by atoms with Crippen molar-refractivity contribution in [3.63, 3.8) is 0 Å². The number of aliphatic imine (C=N–C) groups is 1. The number of hydrogen-bond donors (Lipinski definition) is 3. The summed E-state index contributed by atoms with van der Waals surface area (Å²) in [6.45, 7) is 1.86. The maximum Gasteiger partial charge on any atom is 0.255 e. The van der Waals surface area contributed by atoms with E-state index in [1.807, 2.05) is 67.6 Å². The van der Waals surface area contributed by atoms with Crippen molar-refractivity contribution in [2.75, 3.05) is 24.9 Å². The van der Waals surface area contributed by atoms with E-state index in [2.05, 4.69) is 20.9 Å². The first-order chi connectivity index (χ1) is 17.6. The molecule has 1 aromatic heterocycles. The number of ether oxygens (including phenoxy) is 2. The Kier molecular flexibility index (Phi) is 6.55. The van der Waals surface area contributed by atoms with Gasteiger partial charge in [0.25, 0.3) is 5.91 Å². The molecule has 182 valence electrons. The molecule has 0 fully saturated rings. The number of benzene rings is 3. The average Bonchev–Trinajstić information content (AvgIpc) is 3.31. The predicted octanol–water partition coefficient (Wildman–Crippen LogP) is 5.34. The van der Waals surface area contributed by atoms with Gasteiger partial charge in [-0.1, -0.05) is 47.7 Å². The van der Waals surface area contributed by atoms with Crippen LogP contribution in [0.2, 0.25) is 0 Å². The van der Waals surface area contributed by atoms with E-state index < -0.39 is 6.04 Å². The van der Waals surface area contributed by atoms with E-state index in [4.69, 9.17) is 14.5 Å². The number of anilines is 2. The van der Waals surface area contributed by atoms with Gasteiger partial charge in [-0.2, -0.15) is 0 Å². The SMILES string of the molecule is COc1ccc(C2N=C(Nc3nc4ccccc4s3)NC(C)=C2C(=O)Nc2ccccc2OC)cc1. The van der Waals surface area contributed by atoms with E-state index in [0.717, 1.165) is 21.5 Å². The van der Waals surface area contributed by atoms with Gasteiger partial charge in [-0.05, 0) is 48.9 Å². The van der Waals surface area contributed by atoms with Crippen molar-refractivity contribution in [1.29, 1.82) is 0 Å². The van der Waals surface area contributed by atoms with Gasteiger partial charge < -0.3 is 25.4 Å². The fourth-order valence-electron chi connectivity index (χ4n) is 4.03. The van der Waals surface area contributed by atoms with Crippen LogP contribution in [-0.4, -0.2) is 31.1 Å². The maximum atomic E-state index is 13.5. The van der Waals surface area contributed by atoms with E-state index in [1.165, 1.54) is 11.3 Å². The summed E-state index contributed by atoms with van der Waals surface area (Å²) < 4.78 is 11.8. The zero-order chi connectivity index (χ0) is 25.1. The van der Waals surface area contributed by atoms with Gasteiger partial charge >= 0.3 is 0 Å². The molecule has 1 atom stereocenters. The van der Waals surface area contributed by atoms with Crippen LogP contribution in [0.5, 0.6) is 11.5 Å². The van der Waals surface area contributed by atoms with Crippen LogP contribution in [0.4, 0.5) is 10.8 Å². The monoisotopic (exact) mass is 499 g/mol. The first kappa shape index (κ1) is 23.4. The van der Waals surface area contributed by atoms with Crippen molar-refractivity contribution >= 4 is 44.2 Å². The van der Waals surface area contributed by atoms with Crippen molar-refractivity contribution in [3.05, 3.63) is 89.6 Å². The van der Waals surface area contributed by atoms with Crippen LogP contribution in [0.1, 0.15) is 18.5 Å². The summed E-state index contributed by atoms with van der Waals surface area (Å²) in [6, 6.07) is 22.2. The molecule has 0 saturated carbocycles. The van der Waals surface area contributed by atoms with E-state index in [9.17, 15) is 4.79 Å². The van der Waals surface area contributed by atoms with Crippen molar-refractivity contribution in [1.82, 2.24) is 10.3 Å². The molecule has 5 rings (SSSR count). The second-order valence-electron chi connectivity index (χ2n) is 8.08. The molecule has 0 bridgehead atoms. The highest BCUT2D eigenvalue weighted by Crippen LogP contribution is 2.34. The molecule has 1 amide bonds. The number of carbonyl (C=O) groups is 1. The van der Waals surface area contributed by atoms with Gasteiger partial charge in [0.05, 0.1) is 35.7 Å². The molecule has 4 aromatic rings. The minimum absolute atomic E-state index is 0.270. The van der Waals surface area contributed by atoms with E-state index in [-0.39, 0.29) is 5.91 Å². The fraction of sp³-hybridized carbons (Fsp3) is 0.148. The molecule has 3 N–H and O–H groups in total. The minimum Gasteiger partial charge on any atom is -0.497 e. The molecule has 1 aliphatic rings. The number of carbonyl (C=O) groups excluding carboxylic acids is 1. The Morgan fingerprint density at radius 1 is 0.972 bits per heavy atom. The normalized spacial score (nSPS) is 15.2. The van der Waals surface area contributed by atoms with Crippen molar-refractivity contribution in [2.24, 2.45) is 4.99 Å². The van der Waals surface area contributed by atoms with E-state index in [0.29, 0.717) is 33.8 Å². The standard InChI is InChI=1S/C27H25N5O3S/c1-16-23(25(33)29-19-8-4-6-10-21(19)35-3)24(17-12-14-18(34-2)15-13-17)31-26(28-16)32-27-30-20-9-5-7-11-22(20)36-27/h4-15,24H,1-3H3,(H,29,33)(H2,28,30,31,32). The summed E-state index contributed by atoms with van der Waals surface area (Å²) in [5.74, 6) is 1.55. The molecule has 0 saturated heterocycles. The Hall–Kier alpha value is -4.37. The molecule has 2 heterocycles. The smallest absolute Gasteiger partial charge is 0.255 e. The molecule has 1 unspecified atom stereocenters. The number of methoxy groups -OCH3 is 2. The molecule has 3 aromatic carbocycles. The number of para-hydroxylation sites is 3. The first-order valence-electron chi connectivity index (χ1n) is 11.3. The van der Waals surface area contributed by atoms with Crippen LogP contribution in [0.3, 0.4) is 0 Å². The number of aromatic nitrogens is 1. The predicted molar refractivity (Wildman–Crippen MR) is 144 cm³/mol. The number of nitrogens with one attached hydrogen (secondary N) is 3. The van der Waals surface area contributed by atoms with Crippen LogP contribution < -0.4 is 25.4 Å². The number of amides is 1. The highest BCUT2D eigenvalue weighted by molar-refractivity contribution is 7.22. The third kappa shape index (κ3) is 4.73. The molecule has 36 heavy (non-hydrogen) atoms. The lowest BCUT2D eigenvalue weighted by atomic mass is 9.95. The Bertz CT molecular complexity index is 1440. The summed E-state index contributed by atoms with van der Waals surface area (Å²) in [5.41, 5.74) is 3.53. The zero-order valence-corrected chi connectivity index (χ0v) is 20.8. The molecule has 1 aliphatic heterocycles. The number of rotatable bonds is 6. The van der Waals surface area contributed by atoms with E-state index >= 15 is 0 Å². The molecule has 0 radical (unpaired) electrons. The molecular formula is C27H25N5O3S. The summed E-state index contributed by atoms with van der Waals surface area (Å²) in [7, 11) is 3.19. The lowest BCUT2D eigenvalue weighted by Crippen LogP contribution is -2.37. The number of hydrogen-bond acceptors (Lipinski definition) is 8. The molecular weight excluding hydrogens is 474 g/mol. The minimum atomic E-state index is -0.552. The topological polar surface area (TPSA) is 96.9 Å². The van der Waals surface area contributed by atoms with Crippen LogP contribution in [0, 0.1) is 0 Å². The second kappa shape index (κ2) is 10.1. The van der Waals surface area contributed by atoms with Gasteiger partial charge in [-0.15, -0.1) is 0 Å². The molecule has 9 heteroatoms. The number of thiazole rings is 1. The Balaban J connectivity index is 1.48. The second-order valence-corrected chi connectivity index (χ2v) is 9.11. The summed E-state index contributed by atoms with van der Waals surface area (Å²) in [5, 5.41) is 10.2. The largest absolute Gasteiger partial charge is 0.497 e. The van der Waals surface area contributed by atoms with Gasteiger partial charge in [-0.3, -0.25) is 4.79 Å². The number of fused-ring (bicyclic) bond motifs is 1.